The second-order valence-corrected chi connectivity index (χ2v) is 17.5. The van der Waals surface area contributed by atoms with E-state index in [0.717, 1.165) is 66.8 Å². The van der Waals surface area contributed by atoms with Gasteiger partial charge in [-0.05, 0) is 86.0 Å². The number of hydrogen-bond donors (Lipinski definition) is 0. The van der Waals surface area contributed by atoms with Gasteiger partial charge in [-0.1, -0.05) is 255 Å². The highest BCUT2D eigenvalue weighted by Gasteiger charge is 2.18. The molecule has 0 saturated carbocycles. The van der Waals surface area contributed by atoms with Crippen molar-refractivity contribution in [3.63, 3.8) is 0 Å². The van der Waals surface area contributed by atoms with Gasteiger partial charge in [0.05, 0.1) is 0 Å². The van der Waals surface area contributed by atoms with Crippen molar-refractivity contribution in [2.45, 2.75) is 19.3 Å². The molecule has 0 atom stereocenters. The maximum Gasteiger partial charge on any atom is 0.193 e. The van der Waals surface area contributed by atoms with E-state index in [2.05, 4.69) is 54.6 Å². The Kier molecular flexibility index (Phi) is 13.0. The predicted molar refractivity (Wildman–Crippen MR) is 280 cm³/mol. The molecule has 0 aliphatic heterocycles. The third-order valence-electron chi connectivity index (χ3n) is 12.8. The molecular formula is C66H48O3. The van der Waals surface area contributed by atoms with Crippen molar-refractivity contribution >= 4 is 17.3 Å². The normalized spacial score (nSPS) is 11.0. The van der Waals surface area contributed by atoms with Crippen LogP contribution >= 0.6 is 0 Å². The minimum Gasteiger partial charge on any atom is -0.289 e. The van der Waals surface area contributed by atoms with Crippen molar-refractivity contribution in [3.05, 3.63) is 322 Å². The fourth-order valence-electron chi connectivity index (χ4n) is 9.29. The Balaban J connectivity index is 0.911. The predicted octanol–water partition coefficient (Wildman–Crippen LogP) is 15.2. The van der Waals surface area contributed by atoms with Gasteiger partial charge in [0.1, 0.15) is 0 Å². The summed E-state index contributed by atoms with van der Waals surface area (Å²) in [5.74, 6) is -0.0235. The Morgan fingerprint density at radius 3 is 0.725 bits per heavy atom. The Morgan fingerprint density at radius 1 is 0.232 bits per heavy atom. The first-order chi connectivity index (χ1) is 33.9. The lowest BCUT2D eigenvalue weighted by Gasteiger charge is -2.13. The van der Waals surface area contributed by atoms with Crippen molar-refractivity contribution in [2.24, 2.45) is 0 Å². The summed E-state index contributed by atoms with van der Waals surface area (Å²) in [5, 5.41) is 0. The Labute approximate surface area is 404 Å². The molecule has 0 saturated heterocycles. The fraction of sp³-hybridized carbons (Fsp3) is 0.0455. The second-order valence-electron chi connectivity index (χ2n) is 17.5. The molecule has 0 bridgehead atoms. The molecule has 0 fully saturated rings. The number of benzene rings is 10. The number of carbonyl (C=O) groups is 3. The van der Waals surface area contributed by atoms with Crippen LogP contribution in [-0.2, 0) is 19.3 Å². The molecule has 3 nitrogen and oxygen atoms in total. The first kappa shape index (κ1) is 44.1. The molecule has 10 rings (SSSR count). The maximum atomic E-state index is 13.9. The van der Waals surface area contributed by atoms with Gasteiger partial charge in [-0.25, -0.2) is 0 Å². The SMILES string of the molecule is O=C(c1ccc(Cc2cc(Cc3ccc(C(=O)c4ccccc4-c4ccccc4)cc3)cc(Cc3ccc(C(=O)c4ccccc4-c4ccccc4)cc3)c2)cc1)c1ccccc1-c1ccccc1. The van der Waals surface area contributed by atoms with E-state index in [1.807, 2.05) is 200 Å². The highest BCUT2D eigenvalue weighted by Crippen LogP contribution is 2.30. The summed E-state index contributed by atoms with van der Waals surface area (Å²) in [6.07, 6.45) is 2.04. The molecule has 0 radical (unpaired) electrons. The van der Waals surface area contributed by atoms with Crippen molar-refractivity contribution in [1.82, 2.24) is 0 Å². The van der Waals surface area contributed by atoms with Crippen LogP contribution < -0.4 is 0 Å². The zero-order valence-corrected chi connectivity index (χ0v) is 38.1. The molecule has 0 amide bonds. The minimum atomic E-state index is -0.00784. The standard InChI is InChI=1S/C66H48O3/c67-64(61-25-13-10-22-58(61)52-16-4-1-5-17-52)55-34-28-46(29-35-55)40-49-43-50(41-47-30-36-56(37-31-47)65(68)62-26-14-11-23-59(62)53-18-6-2-7-19-53)45-51(44-49)42-48-32-38-57(39-33-48)66(69)63-27-15-12-24-60(63)54-20-8-3-9-21-54/h1-39,43-45H,40-42H2. The van der Waals surface area contributed by atoms with Crippen molar-refractivity contribution in [2.75, 3.05) is 0 Å². The Hall–Kier alpha value is -8.79. The van der Waals surface area contributed by atoms with E-state index >= 15 is 0 Å². The molecule has 0 unspecified atom stereocenters. The van der Waals surface area contributed by atoms with E-state index in [-0.39, 0.29) is 17.3 Å². The Bertz CT molecular complexity index is 3030. The van der Waals surface area contributed by atoms with Crippen molar-refractivity contribution in [3.8, 4) is 33.4 Å². The number of ketones is 3. The first-order valence-electron chi connectivity index (χ1n) is 23.4. The molecule has 330 valence electrons. The van der Waals surface area contributed by atoms with Crippen LogP contribution in [0.25, 0.3) is 33.4 Å². The molecule has 0 aliphatic rings. The van der Waals surface area contributed by atoms with Gasteiger partial charge in [0.15, 0.2) is 17.3 Å². The maximum absolute atomic E-state index is 13.9. The quantitative estimate of drug-likeness (QED) is 0.0964. The third-order valence-corrected chi connectivity index (χ3v) is 12.8. The topological polar surface area (TPSA) is 51.2 Å². The van der Waals surface area contributed by atoms with E-state index < -0.39 is 0 Å². The summed E-state index contributed by atoms with van der Waals surface area (Å²) >= 11 is 0. The second kappa shape index (κ2) is 20.4. The summed E-state index contributed by atoms with van der Waals surface area (Å²) in [6.45, 7) is 0. The third kappa shape index (κ3) is 10.1. The highest BCUT2D eigenvalue weighted by atomic mass is 16.1. The van der Waals surface area contributed by atoms with E-state index in [1.165, 1.54) is 0 Å². The number of rotatable bonds is 15. The van der Waals surface area contributed by atoms with E-state index in [0.29, 0.717) is 52.6 Å². The lowest BCUT2D eigenvalue weighted by molar-refractivity contribution is 0.103. The summed E-state index contributed by atoms with van der Waals surface area (Å²) in [6, 6.07) is 84.2. The summed E-state index contributed by atoms with van der Waals surface area (Å²) in [4.78, 5) is 41.8. The van der Waals surface area contributed by atoms with Gasteiger partial charge in [0.2, 0.25) is 0 Å². The average molecular weight is 889 g/mol. The zero-order chi connectivity index (χ0) is 46.9. The summed E-state index contributed by atoms with van der Waals surface area (Å²) in [5.41, 5.74) is 16.5. The molecule has 0 aliphatic carbocycles. The molecule has 10 aromatic rings. The van der Waals surface area contributed by atoms with Crippen LogP contribution in [0.15, 0.2) is 255 Å². The van der Waals surface area contributed by atoms with E-state index in [4.69, 9.17) is 0 Å². The molecular weight excluding hydrogens is 841 g/mol. The van der Waals surface area contributed by atoms with Gasteiger partial charge in [-0.3, -0.25) is 14.4 Å². The largest absolute Gasteiger partial charge is 0.289 e. The van der Waals surface area contributed by atoms with Crippen LogP contribution in [0.4, 0.5) is 0 Å². The van der Waals surface area contributed by atoms with Crippen LogP contribution in [0.2, 0.25) is 0 Å². The lowest BCUT2D eigenvalue weighted by Crippen LogP contribution is -2.04. The van der Waals surface area contributed by atoms with Crippen LogP contribution in [-0.4, -0.2) is 17.3 Å². The van der Waals surface area contributed by atoms with Crippen molar-refractivity contribution in [1.29, 1.82) is 0 Å². The Morgan fingerprint density at radius 2 is 0.464 bits per heavy atom. The van der Waals surface area contributed by atoms with Gasteiger partial charge in [-0.15, -0.1) is 0 Å². The molecule has 10 aromatic carbocycles. The van der Waals surface area contributed by atoms with E-state index in [1.54, 1.807) is 0 Å². The number of hydrogen-bond acceptors (Lipinski definition) is 3. The zero-order valence-electron chi connectivity index (χ0n) is 38.1. The molecule has 0 N–H and O–H groups in total. The fourth-order valence-corrected chi connectivity index (χ4v) is 9.29. The molecule has 69 heavy (non-hydrogen) atoms. The van der Waals surface area contributed by atoms with E-state index in [9.17, 15) is 14.4 Å². The summed E-state index contributed by atoms with van der Waals surface area (Å²) < 4.78 is 0. The first-order valence-corrected chi connectivity index (χ1v) is 23.4. The van der Waals surface area contributed by atoms with Crippen LogP contribution in [0, 0.1) is 0 Å². The van der Waals surface area contributed by atoms with Gasteiger partial charge < -0.3 is 0 Å². The van der Waals surface area contributed by atoms with Crippen LogP contribution in [0.5, 0.6) is 0 Å². The van der Waals surface area contributed by atoms with Gasteiger partial charge >= 0.3 is 0 Å². The smallest absolute Gasteiger partial charge is 0.193 e. The average Bonchev–Trinajstić information content (AvgIpc) is 3.41. The highest BCUT2D eigenvalue weighted by molar-refractivity contribution is 6.14. The lowest BCUT2D eigenvalue weighted by atomic mass is 9.91. The molecule has 0 spiro atoms. The van der Waals surface area contributed by atoms with Gasteiger partial charge in [0.25, 0.3) is 0 Å². The monoisotopic (exact) mass is 888 g/mol. The molecule has 0 heterocycles. The minimum absolute atomic E-state index is 0.00784. The van der Waals surface area contributed by atoms with Gasteiger partial charge in [-0.2, -0.15) is 0 Å². The molecule has 3 heteroatoms. The van der Waals surface area contributed by atoms with Crippen LogP contribution in [0.1, 0.15) is 81.1 Å². The van der Waals surface area contributed by atoms with Crippen LogP contribution in [0.3, 0.4) is 0 Å². The molecule has 0 aromatic heterocycles. The van der Waals surface area contributed by atoms with Crippen molar-refractivity contribution < 1.29 is 14.4 Å². The number of carbonyl (C=O) groups excluding carboxylic acids is 3. The summed E-state index contributed by atoms with van der Waals surface area (Å²) in [7, 11) is 0. The van der Waals surface area contributed by atoms with Gasteiger partial charge in [0, 0.05) is 33.4 Å².